The molecule has 0 spiro atoms. The molecule has 1 unspecified atom stereocenters. The number of nitrogens with zero attached hydrogens (tertiary/aromatic N) is 3. The van der Waals surface area contributed by atoms with Crippen LogP contribution in [0.2, 0.25) is 0 Å². The Hall–Kier alpha value is -1.69. The van der Waals surface area contributed by atoms with Crippen LogP contribution < -0.4 is 4.90 Å². The normalized spacial score (nSPS) is 17.5. The van der Waals surface area contributed by atoms with E-state index in [1.165, 1.54) is 4.88 Å². The molecule has 1 saturated heterocycles. The first kappa shape index (κ1) is 12.3. The number of aryl methyl sites for hydroxylation is 1. The van der Waals surface area contributed by atoms with Crippen molar-refractivity contribution in [3.8, 4) is 0 Å². The Morgan fingerprint density at radius 2 is 2.26 bits per heavy atom. The van der Waals surface area contributed by atoms with Crippen molar-refractivity contribution in [3.05, 3.63) is 17.3 Å². The highest BCUT2D eigenvalue weighted by molar-refractivity contribution is 7.18. The molecule has 2 aromatic rings. The third kappa shape index (κ3) is 2.06. The standard InChI is InChI=1S/C13H15N3O2S/c1-7-3-10-11(14-6-15-12(10)19-7)16-4-9(5-16)8(2)13(17)18/h3,6,8-9H,4-5H2,1-2H3,(H,17,18). The fourth-order valence-corrected chi connectivity index (χ4v) is 3.26. The van der Waals surface area contributed by atoms with Crippen LogP contribution in [0.15, 0.2) is 12.4 Å². The van der Waals surface area contributed by atoms with Crippen molar-refractivity contribution in [3.63, 3.8) is 0 Å². The quantitative estimate of drug-likeness (QED) is 0.931. The molecule has 1 aliphatic heterocycles. The lowest BCUT2D eigenvalue weighted by atomic mass is 9.87. The maximum absolute atomic E-state index is 10.9. The van der Waals surface area contributed by atoms with Gasteiger partial charge in [-0.15, -0.1) is 11.3 Å². The average Bonchev–Trinajstić information content (AvgIpc) is 2.67. The summed E-state index contributed by atoms with van der Waals surface area (Å²) in [4.78, 5) is 23.9. The highest BCUT2D eigenvalue weighted by atomic mass is 32.1. The van der Waals surface area contributed by atoms with Gasteiger partial charge in [-0.1, -0.05) is 6.92 Å². The largest absolute Gasteiger partial charge is 0.481 e. The number of anilines is 1. The predicted molar refractivity (Wildman–Crippen MR) is 74.7 cm³/mol. The van der Waals surface area contributed by atoms with Crippen LogP contribution >= 0.6 is 11.3 Å². The van der Waals surface area contributed by atoms with Crippen LogP contribution in [-0.4, -0.2) is 34.1 Å². The van der Waals surface area contributed by atoms with Crippen LogP contribution in [0.3, 0.4) is 0 Å². The van der Waals surface area contributed by atoms with Gasteiger partial charge in [0.2, 0.25) is 0 Å². The van der Waals surface area contributed by atoms with Crippen molar-refractivity contribution in [1.82, 2.24) is 9.97 Å². The highest BCUT2D eigenvalue weighted by Gasteiger charge is 2.36. The van der Waals surface area contributed by atoms with Crippen molar-refractivity contribution < 1.29 is 9.90 Å². The van der Waals surface area contributed by atoms with E-state index in [0.29, 0.717) is 0 Å². The lowest BCUT2D eigenvalue weighted by Crippen LogP contribution is -2.51. The summed E-state index contributed by atoms with van der Waals surface area (Å²) in [5, 5.41) is 10.1. The molecule has 1 atom stereocenters. The third-order valence-corrected chi connectivity index (χ3v) is 4.70. The number of aliphatic carboxylic acids is 1. The Balaban J connectivity index is 1.82. The number of carbonyl (C=O) groups is 1. The second-order valence-corrected chi connectivity index (χ2v) is 6.30. The summed E-state index contributed by atoms with van der Waals surface area (Å²) >= 11 is 1.66. The van der Waals surface area contributed by atoms with E-state index in [1.54, 1.807) is 24.6 Å². The molecule has 19 heavy (non-hydrogen) atoms. The molecule has 0 saturated carbocycles. The van der Waals surface area contributed by atoms with Crippen LogP contribution in [0.25, 0.3) is 10.2 Å². The Labute approximate surface area is 114 Å². The Morgan fingerprint density at radius 3 is 2.95 bits per heavy atom. The van der Waals surface area contributed by atoms with Gasteiger partial charge in [-0.3, -0.25) is 4.79 Å². The molecule has 1 N–H and O–H groups in total. The molecule has 100 valence electrons. The first-order valence-electron chi connectivity index (χ1n) is 6.25. The molecule has 0 aromatic carbocycles. The molecule has 3 rings (SSSR count). The van der Waals surface area contributed by atoms with E-state index >= 15 is 0 Å². The highest BCUT2D eigenvalue weighted by Crippen LogP contribution is 2.34. The van der Waals surface area contributed by atoms with Crippen molar-refractivity contribution in [2.45, 2.75) is 13.8 Å². The summed E-state index contributed by atoms with van der Waals surface area (Å²) in [6, 6.07) is 2.10. The number of thiophene rings is 1. The summed E-state index contributed by atoms with van der Waals surface area (Å²) in [6.45, 7) is 5.35. The monoisotopic (exact) mass is 277 g/mol. The number of fused-ring (bicyclic) bond motifs is 1. The van der Waals surface area contributed by atoms with E-state index in [-0.39, 0.29) is 11.8 Å². The van der Waals surface area contributed by atoms with Gasteiger partial charge in [0.05, 0.1) is 11.3 Å². The van der Waals surface area contributed by atoms with Gasteiger partial charge in [-0.05, 0) is 13.0 Å². The number of carboxylic acid groups (broad SMARTS) is 1. The van der Waals surface area contributed by atoms with E-state index in [2.05, 4.69) is 27.9 Å². The zero-order chi connectivity index (χ0) is 13.6. The van der Waals surface area contributed by atoms with Gasteiger partial charge in [-0.25, -0.2) is 9.97 Å². The summed E-state index contributed by atoms with van der Waals surface area (Å²) in [5.41, 5.74) is 0. The zero-order valence-corrected chi connectivity index (χ0v) is 11.6. The van der Waals surface area contributed by atoms with Crippen LogP contribution in [0, 0.1) is 18.8 Å². The fourth-order valence-electron chi connectivity index (χ4n) is 2.42. The van der Waals surface area contributed by atoms with Crippen LogP contribution in [0.5, 0.6) is 0 Å². The van der Waals surface area contributed by atoms with E-state index in [9.17, 15) is 4.79 Å². The van der Waals surface area contributed by atoms with Crippen molar-refractivity contribution in [2.75, 3.05) is 18.0 Å². The third-order valence-electron chi connectivity index (χ3n) is 3.74. The van der Waals surface area contributed by atoms with E-state index in [4.69, 9.17) is 5.11 Å². The second-order valence-electron chi connectivity index (χ2n) is 5.07. The minimum absolute atomic E-state index is 0.210. The molecule has 3 heterocycles. The molecule has 2 aromatic heterocycles. The van der Waals surface area contributed by atoms with Gasteiger partial charge in [0.15, 0.2) is 0 Å². The number of hydrogen-bond acceptors (Lipinski definition) is 5. The van der Waals surface area contributed by atoms with Crippen molar-refractivity contribution in [1.29, 1.82) is 0 Å². The first-order valence-corrected chi connectivity index (χ1v) is 7.07. The molecule has 1 fully saturated rings. The van der Waals surface area contributed by atoms with E-state index in [0.717, 1.165) is 29.1 Å². The van der Waals surface area contributed by atoms with Crippen LogP contribution in [0.1, 0.15) is 11.8 Å². The Bertz CT molecular complexity index is 634. The van der Waals surface area contributed by atoms with Crippen LogP contribution in [0.4, 0.5) is 5.82 Å². The molecule has 5 nitrogen and oxygen atoms in total. The van der Waals surface area contributed by atoms with Gasteiger partial charge in [0.25, 0.3) is 0 Å². The van der Waals surface area contributed by atoms with Gasteiger partial charge >= 0.3 is 5.97 Å². The Kier molecular flexibility index (Phi) is 2.89. The van der Waals surface area contributed by atoms with E-state index < -0.39 is 5.97 Å². The number of hydrogen-bond donors (Lipinski definition) is 1. The lowest BCUT2D eigenvalue weighted by molar-refractivity contribution is -0.143. The number of aromatic nitrogens is 2. The Morgan fingerprint density at radius 1 is 1.53 bits per heavy atom. The number of rotatable bonds is 3. The minimum Gasteiger partial charge on any atom is -0.481 e. The van der Waals surface area contributed by atoms with Gasteiger partial charge in [0, 0.05) is 23.9 Å². The van der Waals surface area contributed by atoms with Gasteiger partial charge < -0.3 is 10.0 Å². The maximum atomic E-state index is 10.9. The number of carboxylic acids is 1. The zero-order valence-electron chi connectivity index (χ0n) is 10.8. The second kappa shape index (κ2) is 4.45. The first-order chi connectivity index (χ1) is 9.06. The van der Waals surface area contributed by atoms with Crippen LogP contribution in [-0.2, 0) is 4.79 Å². The molecule has 0 amide bonds. The average molecular weight is 277 g/mol. The van der Waals surface area contributed by atoms with E-state index in [1.807, 2.05) is 0 Å². The molecule has 6 heteroatoms. The summed E-state index contributed by atoms with van der Waals surface area (Å²) in [5.74, 6) is 0.132. The molecular weight excluding hydrogens is 262 g/mol. The molecule has 0 radical (unpaired) electrons. The summed E-state index contributed by atoms with van der Waals surface area (Å²) in [6.07, 6.45) is 1.58. The molecule has 0 aliphatic carbocycles. The lowest BCUT2D eigenvalue weighted by Gasteiger charge is -2.42. The molecule has 1 aliphatic rings. The smallest absolute Gasteiger partial charge is 0.306 e. The fraction of sp³-hybridized carbons (Fsp3) is 0.462. The maximum Gasteiger partial charge on any atom is 0.306 e. The molecular formula is C13H15N3O2S. The minimum atomic E-state index is -0.719. The molecule has 0 bridgehead atoms. The van der Waals surface area contributed by atoms with Crippen molar-refractivity contribution >= 4 is 33.3 Å². The predicted octanol–water partition coefficient (Wildman–Crippen LogP) is 2.16. The topological polar surface area (TPSA) is 66.3 Å². The van der Waals surface area contributed by atoms with Gasteiger partial charge in [0.1, 0.15) is 17.0 Å². The summed E-state index contributed by atoms with van der Waals surface area (Å²) < 4.78 is 0. The summed E-state index contributed by atoms with van der Waals surface area (Å²) in [7, 11) is 0. The SMILES string of the molecule is Cc1cc2c(N3CC(C(C)C(=O)O)C3)ncnc2s1. The van der Waals surface area contributed by atoms with Gasteiger partial charge in [-0.2, -0.15) is 0 Å². The van der Waals surface area contributed by atoms with Crippen molar-refractivity contribution in [2.24, 2.45) is 11.8 Å².